The number of nitrogens with zero attached hydrogens (tertiary/aromatic N) is 1. The van der Waals surface area contributed by atoms with Crippen LogP contribution in [0.25, 0.3) is 10.9 Å². The molecule has 0 spiro atoms. The van der Waals surface area contributed by atoms with E-state index in [2.05, 4.69) is 10.3 Å². The maximum atomic E-state index is 11.0. The van der Waals surface area contributed by atoms with Gasteiger partial charge in [0.05, 0.1) is 11.1 Å². The maximum Gasteiger partial charge on any atom is 0.0904 e. The van der Waals surface area contributed by atoms with Gasteiger partial charge in [-0.25, -0.2) is 0 Å². The fourth-order valence-corrected chi connectivity index (χ4v) is 3.23. The average Bonchev–Trinajstić information content (AvgIpc) is 2.47. The highest BCUT2D eigenvalue weighted by atomic mass is 16.3. The van der Waals surface area contributed by atoms with E-state index < -0.39 is 5.60 Å². The van der Waals surface area contributed by atoms with Crippen molar-refractivity contribution in [1.82, 2.24) is 10.3 Å². The van der Waals surface area contributed by atoms with Gasteiger partial charge in [0.25, 0.3) is 0 Å². The molecule has 1 aliphatic rings. The van der Waals surface area contributed by atoms with Crippen molar-refractivity contribution < 1.29 is 5.11 Å². The van der Waals surface area contributed by atoms with Crippen LogP contribution >= 0.6 is 0 Å². The average molecular weight is 270 g/mol. The number of rotatable bonds is 3. The van der Waals surface area contributed by atoms with Crippen molar-refractivity contribution in [2.45, 2.75) is 44.2 Å². The molecule has 1 saturated heterocycles. The summed E-state index contributed by atoms with van der Waals surface area (Å²) in [6.45, 7) is 2.97. The lowest BCUT2D eigenvalue weighted by molar-refractivity contribution is 0.0345. The molecule has 3 rings (SSSR count). The third kappa shape index (κ3) is 2.69. The number of para-hydroxylation sites is 1. The molecule has 2 unspecified atom stereocenters. The minimum atomic E-state index is -0.844. The van der Waals surface area contributed by atoms with E-state index in [0.29, 0.717) is 6.04 Å². The van der Waals surface area contributed by atoms with E-state index in [1.807, 2.05) is 37.3 Å². The maximum absolute atomic E-state index is 11.0. The van der Waals surface area contributed by atoms with Crippen LogP contribution in [0.2, 0.25) is 0 Å². The van der Waals surface area contributed by atoms with Crippen LogP contribution in [0.4, 0.5) is 0 Å². The number of fused-ring (bicyclic) bond motifs is 1. The van der Waals surface area contributed by atoms with Gasteiger partial charge >= 0.3 is 0 Å². The predicted octanol–water partition coefficient (Wildman–Crippen LogP) is 2.97. The summed E-state index contributed by atoms with van der Waals surface area (Å²) < 4.78 is 0. The van der Waals surface area contributed by atoms with Gasteiger partial charge in [-0.1, -0.05) is 30.7 Å². The molecule has 0 aliphatic carbocycles. The van der Waals surface area contributed by atoms with Crippen LogP contribution in [0, 0.1) is 0 Å². The lowest BCUT2D eigenvalue weighted by Crippen LogP contribution is -2.39. The highest BCUT2D eigenvalue weighted by Gasteiger charge is 2.30. The summed E-state index contributed by atoms with van der Waals surface area (Å²) in [7, 11) is 0. The highest BCUT2D eigenvalue weighted by Crippen LogP contribution is 2.32. The van der Waals surface area contributed by atoms with Crippen molar-refractivity contribution in [2.24, 2.45) is 0 Å². The van der Waals surface area contributed by atoms with E-state index in [1.54, 1.807) is 6.20 Å². The largest absolute Gasteiger partial charge is 0.385 e. The number of piperidine rings is 1. The molecule has 20 heavy (non-hydrogen) atoms. The number of pyridine rings is 1. The Balaban J connectivity index is 1.91. The molecule has 0 bridgehead atoms. The Morgan fingerprint density at radius 2 is 2.15 bits per heavy atom. The lowest BCUT2D eigenvalue weighted by atomic mass is 9.85. The zero-order valence-electron chi connectivity index (χ0n) is 12.0. The normalized spacial score (nSPS) is 22.6. The first kappa shape index (κ1) is 13.5. The summed E-state index contributed by atoms with van der Waals surface area (Å²) in [5.41, 5.74) is 1.00. The van der Waals surface area contributed by atoms with Crippen LogP contribution in [0.1, 0.15) is 38.2 Å². The van der Waals surface area contributed by atoms with E-state index >= 15 is 0 Å². The minimum Gasteiger partial charge on any atom is -0.385 e. The molecular weight excluding hydrogens is 248 g/mol. The first-order valence-corrected chi connectivity index (χ1v) is 7.47. The zero-order chi connectivity index (χ0) is 14.0. The topological polar surface area (TPSA) is 45.1 Å². The monoisotopic (exact) mass is 270 g/mol. The van der Waals surface area contributed by atoms with E-state index in [-0.39, 0.29) is 0 Å². The Hall–Kier alpha value is -1.45. The van der Waals surface area contributed by atoms with Gasteiger partial charge in [-0.15, -0.1) is 0 Å². The number of aromatic nitrogens is 1. The number of aliphatic hydroxyl groups is 1. The van der Waals surface area contributed by atoms with Crippen molar-refractivity contribution in [3.05, 3.63) is 42.1 Å². The molecule has 3 nitrogen and oxygen atoms in total. The summed E-state index contributed by atoms with van der Waals surface area (Å²) in [6, 6.07) is 10.4. The van der Waals surface area contributed by atoms with Crippen molar-refractivity contribution >= 4 is 10.9 Å². The number of hydrogen-bond acceptors (Lipinski definition) is 3. The van der Waals surface area contributed by atoms with Gasteiger partial charge in [0.1, 0.15) is 0 Å². The van der Waals surface area contributed by atoms with Gasteiger partial charge in [-0.2, -0.15) is 0 Å². The van der Waals surface area contributed by atoms with E-state index in [0.717, 1.165) is 35.9 Å². The third-order valence-electron chi connectivity index (χ3n) is 4.27. The summed E-state index contributed by atoms with van der Waals surface area (Å²) in [5.74, 6) is 0. The Morgan fingerprint density at radius 3 is 2.95 bits per heavy atom. The molecule has 2 N–H and O–H groups in total. The Labute approximate surface area is 120 Å². The fraction of sp³-hybridized carbons (Fsp3) is 0.471. The minimum absolute atomic E-state index is 0.401. The molecule has 1 aromatic carbocycles. The van der Waals surface area contributed by atoms with Gasteiger partial charge in [0.2, 0.25) is 0 Å². The first-order chi connectivity index (χ1) is 9.67. The van der Waals surface area contributed by atoms with Crippen molar-refractivity contribution in [3.8, 4) is 0 Å². The molecule has 0 amide bonds. The molecule has 3 heteroatoms. The van der Waals surface area contributed by atoms with Gasteiger partial charge in [-0.05, 0) is 38.8 Å². The molecule has 2 heterocycles. The second-order valence-corrected chi connectivity index (χ2v) is 6.01. The number of benzene rings is 1. The second-order valence-electron chi connectivity index (χ2n) is 6.01. The Morgan fingerprint density at radius 1 is 1.30 bits per heavy atom. The molecule has 0 saturated carbocycles. The third-order valence-corrected chi connectivity index (χ3v) is 4.27. The predicted molar refractivity (Wildman–Crippen MR) is 81.6 cm³/mol. The molecule has 1 aromatic heterocycles. The summed E-state index contributed by atoms with van der Waals surface area (Å²) >= 11 is 0. The molecule has 2 aromatic rings. The van der Waals surface area contributed by atoms with Gasteiger partial charge < -0.3 is 10.4 Å². The first-order valence-electron chi connectivity index (χ1n) is 7.47. The zero-order valence-corrected chi connectivity index (χ0v) is 12.0. The van der Waals surface area contributed by atoms with Crippen molar-refractivity contribution in [2.75, 3.05) is 6.54 Å². The Bertz CT molecular complexity index is 583. The van der Waals surface area contributed by atoms with E-state index in [4.69, 9.17) is 0 Å². The molecular formula is C17H22N2O. The van der Waals surface area contributed by atoms with Crippen LogP contribution in [-0.2, 0) is 5.60 Å². The molecule has 1 aliphatic heterocycles. The van der Waals surface area contributed by atoms with Crippen LogP contribution in [0.3, 0.4) is 0 Å². The molecule has 1 fully saturated rings. The van der Waals surface area contributed by atoms with Crippen molar-refractivity contribution in [3.63, 3.8) is 0 Å². The van der Waals surface area contributed by atoms with E-state index in [9.17, 15) is 5.11 Å². The summed E-state index contributed by atoms with van der Waals surface area (Å²) in [6.07, 6.45) is 6.17. The smallest absolute Gasteiger partial charge is 0.0904 e. The second kappa shape index (κ2) is 5.51. The SMILES string of the molecule is CC(O)(CC1CCCCN1)c1cccc2cccnc12. The summed E-state index contributed by atoms with van der Waals surface area (Å²) in [4.78, 5) is 4.46. The molecule has 106 valence electrons. The van der Waals surface area contributed by atoms with Crippen LogP contribution in [0.5, 0.6) is 0 Å². The van der Waals surface area contributed by atoms with Gasteiger partial charge in [0, 0.05) is 23.2 Å². The summed E-state index contributed by atoms with van der Waals surface area (Å²) in [5, 5.41) is 15.6. The van der Waals surface area contributed by atoms with Crippen LogP contribution < -0.4 is 5.32 Å². The van der Waals surface area contributed by atoms with Crippen LogP contribution in [0.15, 0.2) is 36.5 Å². The van der Waals surface area contributed by atoms with E-state index in [1.165, 1.54) is 12.8 Å². The number of nitrogens with one attached hydrogen (secondary N) is 1. The molecule has 0 radical (unpaired) electrons. The fourth-order valence-electron chi connectivity index (χ4n) is 3.23. The Kier molecular flexibility index (Phi) is 3.72. The number of hydrogen-bond donors (Lipinski definition) is 2. The standard InChI is InChI=1S/C17H22N2O/c1-17(20,12-14-8-2-3-10-18-14)15-9-4-6-13-7-5-11-19-16(13)15/h4-7,9,11,14,18,20H,2-3,8,10,12H2,1H3. The van der Waals surface area contributed by atoms with Crippen LogP contribution in [-0.4, -0.2) is 22.7 Å². The van der Waals surface area contributed by atoms with Gasteiger partial charge in [-0.3, -0.25) is 4.98 Å². The van der Waals surface area contributed by atoms with Crippen molar-refractivity contribution in [1.29, 1.82) is 0 Å². The highest BCUT2D eigenvalue weighted by molar-refractivity contribution is 5.82. The quantitative estimate of drug-likeness (QED) is 0.901. The molecule has 2 atom stereocenters. The lowest BCUT2D eigenvalue weighted by Gasteiger charge is -2.32. The van der Waals surface area contributed by atoms with Gasteiger partial charge in [0.15, 0.2) is 0 Å².